The van der Waals surface area contributed by atoms with E-state index in [-0.39, 0.29) is 13.0 Å². The van der Waals surface area contributed by atoms with E-state index in [2.05, 4.69) is 0 Å². The maximum absolute atomic E-state index is 10.9. The molecule has 15 nitrogen and oxygen atoms in total. The summed E-state index contributed by atoms with van der Waals surface area (Å²) in [4.78, 5) is 0. The summed E-state index contributed by atoms with van der Waals surface area (Å²) in [5.41, 5.74) is 23.5. The smallest absolute Gasteiger partial charge is 0.187 e. The van der Waals surface area contributed by atoms with Crippen LogP contribution in [0.3, 0.4) is 0 Å². The Morgan fingerprint density at radius 2 is 1.18 bits per heavy atom. The highest BCUT2D eigenvalue weighted by atomic mass is 16.7. The van der Waals surface area contributed by atoms with Crippen LogP contribution < -0.4 is 22.9 Å². The number of hydrogen-bond acceptors (Lipinski definition) is 15. The Morgan fingerprint density at radius 3 is 1.70 bits per heavy atom. The van der Waals surface area contributed by atoms with Gasteiger partial charge in [-0.3, -0.25) is 0 Å². The highest BCUT2D eigenvalue weighted by Crippen LogP contribution is 2.31. The van der Waals surface area contributed by atoms with E-state index >= 15 is 0 Å². The first-order chi connectivity index (χ1) is 15.5. The lowest BCUT2D eigenvalue weighted by molar-refractivity contribution is -0.332. The van der Waals surface area contributed by atoms with Crippen molar-refractivity contribution in [2.24, 2.45) is 22.9 Å². The van der Waals surface area contributed by atoms with Gasteiger partial charge < -0.3 is 77.6 Å². The monoisotopic (exact) mass is 484 g/mol. The molecule has 0 radical (unpaired) electrons. The summed E-state index contributed by atoms with van der Waals surface area (Å²) in [5.74, 6) is 0. The molecule has 15 atom stereocenters. The maximum Gasteiger partial charge on any atom is 0.187 e. The SMILES string of the molecule is NC[C@@H]1O[C@H](O[C@@H]2[C@H](O)[C@@H](O[C@@H]3O[C@H](CO)[C@H](O)[C@H](N)[C@H]3O)[C@H](N)C[C@@H]2N)[C@H](O)[C@H](O)[C@@H]1O. The average Bonchev–Trinajstić information content (AvgIpc) is 2.79. The van der Waals surface area contributed by atoms with Gasteiger partial charge in [0.25, 0.3) is 0 Å². The molecule has 15 N–H and O–H groups in total. The van der Waals surface area contributed by atoms with Crippen LogP contribution >= 0.6 is 0 Å². The van der Waals surface area contributed by atoms with Crippen LogP contribution in [0.4, 0.5) is 0 Å². The van der Waals surface area contributed by atoms with Crippen LogP contribution in [0, 0.1) is 0 Å². The van der Waals surface area contributed by atoms with Gasteiger partial charge in [-0.15, -0.1) is 0 Å². The topological polar surface area (TPSA) is 283 Å². The summed E-state index contributed by atoms with van der Waals surface area (Å²) < 4.78 is 22.2. The molecule has 33 heavy (non-hydrogen) atoms. The molecule has 0 amide bonds. The quantitative estimate of drug-likeness (QED) is 0.167. The second-order valence-electron chi connectivity index (χ2n) is 8.79. The molecule has 2 aliphatic heterocycles. The van der Waals surface area contributed by atoms with Crippen molar-refractivity contribution in [1.29, 1.82) is 0 Å². The molecule has 0 aromatic rings. The maximum atomic E-state index is 10.9. The number of aliphatic hydroxyl groups excluding tert-OH is 7. The summed E-state index contributed by atoms with van der Waals surface area (Å²) in [6, 6.07) is -2.86. The largest absolute Gasteiger partial charge is 0.394 e. The summed E-state index contributed by atoms with van der Waals surface area (Å²) in [6.45, 7) is -0.763. The zero-order valence-corrected chi connectivity index (χ0v) is 17.9. The summed E-state index contributed by atoms with van der Waals surface area (Å²) >= 11 is 0. The van der Waals surface area contributed by atoms with Gasteiger partial charge in [-0.2, -0.15) is 0 Å². The number of hydrogen-bond donors (Lipinski definition) is 11. The van der Waals surface area contributed by atoms with E-state index in [1.807, 2.05) is 0 Å². The Morgan fingerprint density at radius 1 is 0.667 bits per heavy atom. The number of nitrogens with two attached hydrogens (primary N) is 4. The fraction of sp³-hybridized carbons (Fsp3) is 1.00. The second-order valence-corrected chi connectivity index (χ2v) is 8.79. The first-order valence-corrected chi connectivity index (χ1v) is 10.8. The second kappa shape index (κ2) is 11.0. The molecule has 0 unspecified atom stereocenters. The lowest BCUT2D eigenvalue weighted by Crippen LogP contribution is -2.68. The van der Waals surface area contributed by atoms with Crippen LogP contribution in [0.15, 0.2) is 0 Å². The lowest BCUT2D eigenvalue weighted by atomic mass is 9.84. The van der Waals surface area contributed by atoms with Crippen molar-refractivity contribution in [2.75, 3.05) is 13.2 Å². The molecule has 3 aliphatic rings. The van der Waals surface area contributed by atoms with Crippen molar-refractivity contribution in [3.8, 4) is 0 Å². The van der Waals surface area contributed by atoms with Gasteiger partial charge in [0.2, 0.25) is 0 Å². The zero-order valence-electron chi connectivity index (χ0n) is 17.9. The average molecular weight is 485 g/mol. The Hall–Kier alpha value is -0.600. The standard InChI is InChI=1S/C18H36N4O11/c19-2-6-10(25)12(27)13(28)18(30-6)33-16-5(21)1-4(20)15(14(16)29)32-17-11(26)8(22)9(24)7(3-23)31-17/h4-18,23-29H,1-3,19-22H2/t4-,5+,6+,7-,8+,9+,10-,11-,12-,13-,14-,15+,16+,17+,18-/m1/s1. The predicted octanol–water partition coefficient (Wildman–Crippen LogP) is -7.29. The molecule has 3 rings (SSSR count). The van der Waals surface area contributed by atoms with Crippen molar-refractivity contribution >= 4 is 0 Å². The molecule has 0 spiro atoms. The van der Waals surface area contributed by atoms with Gasteiger partial charge in [0.1, 0.15) is 61.0 Å². The van der Waals surface area contributed by atoms with Crippen LogP contribution in [0.5, 0.6) is 0 Å². The van der Waals surface area contributed by atoms with Crippen LogP contribution in [0.2, 0.25) is 0 Å². The van der Waals surface area contributed by atoms with E-state index in [0.29, 0.717) is 0 Å². The predicted molar refractivity (Wildman–Crippen MR) is 108 cm³/mol. The number of rotatable bonds is 6. The Bertz CT molecular complexity index is 584. The van der Waals surface area contributed by atoms with E-state index < -0.39 is 98.4 Å². The van der Waals surface area contributed by atoms with Gasteiger partial charge in [-0.05, 0) is 6.42 Å². The number of ether oxygens (including phenoxy) is 4. The number of aliphatic hydroxyl groups is 7. The van der Waals surface area contributed by atoms with Crippen molar-refractivity contribution in [3.63, 3.8) is 0 Å². The van der Waals surface area contributed by atoms with E-state index in [4.69, 9.17) is 41.9 Å². The van der Waals surface area contributed by atoms with E-state index in [0.717, 1.165) is 0 Å². The molecule has 0 aromatic heterocycles. The third kappa shape index (κ3) is 5.32. The van der Waals surface area contributed by atoms with Crippen LogP contribution in [0.25, 0.3) is 0 Å². The fourth-order valence-electron chi connectivity index (χ4n) is 4.40. The van der Waals surface area contributed by atoms with Gasteiger partial charge in [0, 0.05) is 18.6 Å². The third-order valence-corrected chi connectivity index (χ3v) is 6.48. The van der Waals surface area contributed by atoms with Gasteiger partial charge in [-0.25, -0.2) is 0 Å². The van der Waals surface area contributed by atoms with Gasteiger partial charge >= 0.3 is 0 Å². The van der Waals surface area contributed by atoms with Gasteiger partial charge in [0.15, 0.2) is 12.6 Å². The molecule has 15 heteroatoms. The Balaban J connectivity index is 1.72. The van der Waals surface area contributed by atoms with E-state index in [9.17, 15) is 35.7 Å². The first kappa shape index (κ1) is 27.0. The van der Waals surface area contributed by atoms with Crippen LogP contribution in [-0.2, 0) is 18.9 Å². The molecule has 0 aromatic carbocycles. The summed E-state index contributed by atoms with van der Waals surface area (Å²) in [7, 11) is 0. The molecule has 2 saturated heterocycles. The minimum absolute atomic E-state index is 0.0849. The highest BCUT2D eigenvalue weighted by Gasteiger charge is 2.51. The first-order valence-electron chi connectivity index (χ1n) is 10.8. The third-order valence-electron chi connectivity index (χ3n) is 6.48. The fourth-order valence-corrected chi connectivity index (χ4v) is 4.40. The highest BCUT2D eigenvalue weighted by molar-refractivity contribution is 5.01. The van der Waals surface area contributed by atoms with Gasteiger partial charge in [0.05, 0.1) is 12.6 Å². The molecular formula is C18H36N4O11. The molecule has 194 valence electrons. The van der Waals surface area contributed by atoms with E-state index in [1.54, 1.807) is 0 Å². The lowest BCUT2D eigenvalue weighted by Gasteiger charge is -2.48. The molecule has 1 aliphatic carbocycles. The Kier molecular flexibility index (Phi) is 8.99. The van der Waals surface area contributed by atoms with Crippen molar-refractivity contribution in [2.45, 2.75) is 98.2 Å². The minimum Gasteiger partial charge on any atom is -0.394 e. The molecule has 0 bridgehead atoms. The van der Waals surface area contributed by atoms with E-state index in [1.165, 1.54) is 0 Å². The normalized spacial score (nSPS) is 53.7. The van der Waals surface area contributed by atoms with Crippen molar-refractivity contribution in [1.82, 2.24) is 0 Å². The molecule has 1 saturated carbocycles. The van der Waals surface area contributed by atoms with Gasteiger partial charge in [-0.1, -0.05) is 0 Å². The van der Waals surface area contributed by atoms with Crippen LogP contribution in [0.1, 0.15) is 6.42 Å². The minimum atomic E-state index is -1.66. The molecule has 2 heterocycles. The zero-order chi connectivity index (χ0) is 24.6. The summed E-state index contributed by atoms with van der Waals surface area (Å²) in [6.07, 6.45) is -16.5. The Labute approximate surface area is 189 Å². The summed E-state index contributed by atoms with van der Waals surface area (Å²) in [5, 5.41) is 70.9. The molecule has 3 fully saturated rings. The van der Waals surface area contributed by atoms with Crippen LogP contribution in [-0.4, -0.2) is 141 Å². The van der Waals surface area contributed by atoms with Crippen molar-refractivity contribution in [3.05, 3.63) is 0 Å². The molecular weight excluding hydrogens is 448 g/mol. The van der Waals surface area contributed by atoms with Crippen molar-refractivity contribution < 1.29 is 54.7 Å².